The molecule has 5 heterocycles. The Morgan fingerprint density at radius 3 is 2.92 bits per heavy atom. The maximum absolute atomic E-state index is 14.5. The number of carbonyl (C=O) groups excluding carboxylic acids is 2. The van der Waals surface area contributed by atoms with E-state index >= 15 is 0 Å². The van der Waals surface area contributed by atoms with Crippen LogP contribution in [-0.2, 0) is 29.1 Å². The molecule has 6 rings (SSSR count). The van der Waals surface area contributed by atoms with Crippen LogP contribution in [0.5, 0.6) is 0 Å². The molecule has 0 aromatic carbocycles. The first kappa shape index (κ1) is 24.4. The van der Waals surface area contributed by atoms with Crippen molar-refractivity contribution in [3.05, 3.63) is 82.3 Å². The minimum atomic E-state index is -0.560. The number of aldehydes is 1. The van der Waals surface area contributed by atoms with Gasteiger partial charge in [-0.25, -0.2) is 19.0 Å². The molecule has 0 saturated heterocycles. The van der Waals surface area contributed by atoms with Crippen LogP contribution in [0.25, 0.3) is 11.2 Å². The van der Waals surface area contributed by atoms with Crippen molar-refractivity contribution >= 4 is 34.8 Å². The topological polar surface area (TPSA) is 109 Å². The highest BCUT2D eigenvalue weighted by molar-refractivity contribution is 6.31. The van der Waals surface area contributed by atoms with Crippen LogP contribution in [-0.4, -0.2) is 52.4 Å². The summed E-state index contributed by atoms with van der Waals surface area (Å²) in [5, 5.41) is 8.13. The van der Waals surface area contributed by atoms with Crippen molar-refractivity contribution in [2.24, 2.45) is 0 Å². The normalized spacial score (nSPS) is 13.5. The van der Waals surface area contributed by atoms with Crippen molar-refractivity contribution in [2.75, 3.05) is 6.61 Å². The minimum absolute atomic E-state index is 0.00448. The summed E-state index contributed by atoms with van der Waals surface area (Å²) >= 11 is 5.90. The Labute approximate surface area is 221 Å². The van der Waals surface area contributed by atoms with Crippen LogP contribution in [0.15, 0.2) is 43.2 Å². The zero-order chi connectivity index (χ0) is 26.2. The quantitative estimate of drug-likeness (QED) is 0.144. The Kier molecular flexibility index (Phi) is 6.46. The molecule has 0 atom stereocenters. The van der Waals surface area contributed by atoms with Gasteiger partial charge in [0.25, 0.3) is 0 Å². The van der Waals surface area contributed by atoms with Gasteiger partial charge in [0.2, 0.25) is 0 Å². The molecule has 1 aliphatic carbocycles. The molecule has 0 spiro atoms. The lowest BCUT2D eigenvalue weighted by Gasteiger charge is -2.07. The summed E-state index contributed by atoms with van der Waals surface area (Å²) in [6.45, 7) is 0.650. The van der Waals surface area contributed by atoms with Crippen molar-refractivity contribution in [2.45, 2.75) is 44.8 Å². The second-order valence-electron chi connectivity index (χ2n) is 9.37. The number of nitrogens with zero attached hydrogens (tertiary/aromatic N) is 7. The van der Waals surface area contributed by atoms with E-state index in [0.717, 1.165) is 36.0 Å². The number of carbonyl (C=O) groups is 2. The molecule has 0 unspecified atom stereocenters. The molecule has 1 aliphatic rings. The number of aromatic nitrogens is 7. The number of rotatable bonds is 11. The SMILES string of the molecule is O=CCOCc1cc(C2CC2)cn2cc(Cn3cc(C(=O)CCc4ncn5ccc(Cl)c(F)c45)nn3)nc12. The summed E-state index contributed by atoms with van der Waals surface area (Å²) in [4.78, 5) is 32.4. The Balaban J connectivity index is 1.16. The predicted molar refractivity (Wildman–Crippen MR) is 135 cm³/mol. The van der Waals surface area contributed by atoms with Crippen LogP contribution >= 0.6 is 11.6 Å². The Hall–Kier alpha value is -3.96. The first-order valence-electron chi connectivity index (χ1n) is 12.2. The Morgan fingerprint density at radius 1 is 1.24 bits per heavy atom. The molecule has 1 saturated carbocycles. The third kappa shape index (κ3) is 4.82. The second-order valence-corrected chi connectivity index (χ2v) is 9.77. The molecule has 0 aliphatic heterocycles. The maximum Gasteiger partial charge on any atom is 0.185 e. The third-order valence-corrected chi connectivity index (χ3v) is 6.89. The smallest absolute Gasteiger partial charge is 0.185 e. The highest BCUT2D eigenvalue weighted by Gasteiger charge is 2.25. The van der Waals surface area contributed by atoms with E-state index < -0.39 is 5.82 Å². The molecule has 10 nitrogen and oxygen atoms in total. The highest BCUT2D eigenvalue weighted by atomic mass is 35.5. The van der Waals surface area contributed by atoms with E-state index in [-0.39, 0.29) is 41.5 Å². The molecule has 0 amide bonds. The first-order chi connectivity index (χ1) is 18.5. The molecule has 1 fully saturated rings. The lowest BCUT2D eigenvalue weighted by atomic mass is 10.1. The average Bonchev–Trinajstić information content (AvgIpc) is 3.30. The van der Waals surface area contributed by atoms with Gasteiger partial charge in [-0.2, -0.15) is 0 Å². The molecular formula is C26H23ClFN7O3. The number of Topliss-reactive ketones (excluding diaryl/α,β-unsaturated/α-hetero) is 1. The van der Waals surface area contributed by atoms with Crippen LogP contribution < -0.4 is 0 Å². The fourth-order valence-electron chi connectivity index (χ4n) is 4.58. The summed E-state index contributed by atoms with van der Waals surface area (Å²) < 4.78 is 25.0. The molecule has 5 aromatic heterocycles. The van der Waals surface area contributed by atoms with E-state index in [1.807, 2.05) is 10.6 Å². The fraction of sp³-hybridized carbons (Fsp3) is 0.308. The van der Waals surface area contributed by atoms with Crippen molar-refractivity contribution in [3.63, 3.8) is 0 Å². The largest absolute Gasteiger partial charge is 0.369 e. The van der Waals surface area contributed by atoms with E-state index in [1.54, 1.807) is 21.5 Å². The monoisotopic (exact) mass is 535 g/mol. The van der Waals surface area contributed by atoms with Gasteiger partial charge < -0.3 is 18.3 Å². The zero-order valence-corrected chi connectivity index (χ0v) is 21.0. The van der Waals surface area contributed by atoms with Crippen molar-refractivity contribution < 1.29 is 18.7 Å². The van der Waals surface area contributed by atoms with Crippen molar-refractivity contribution in [3.8, 4) is 0 Å². The number of ether oxygens (including phenoxy) is 1. The zero-order valence-electron chi connectivity index (χ0n) is 20.3. The lowest BCUT2D eigenvalue weighted by Crippen LogP contribution is -2.03. The fourth-order valence-corrected chi connectivity index (χ4v) is 4.73. The maximum atomic E-state index is 14.5. The van der Waals surface area contributed by atoms with Crippen molar-refractivity contribution in [1.29, 1.82) is 0 Å². The van der Waals surface area contributed by atoms with Crippen molar-refractivity contribution in [1.82, 2.24) is 33.8 Å². The number of hydrogen-bond acceptors (Lipinski definition) is 7. The average molecular weight is 536 g/mol. The van der Waals surface area contributed by atoms with Crippen LogP contribution in [0, 0.1) is 5.82 Å². The summed E-state index contributed by atoms with van der Waals surface area (Å²) in [6, 6.07) is 3.56. The standard InChI is InChI=1S/C26H23ClFN7O3/c27-20-5-6-33-15-29-21(25(33)24(20)28)3-4-23(37)22-13-35(32-31-22)12-19-11-34-10-17(16-1-2-16)9-18(26(34)30-19)14-38-8-7-36/h5-7,9-11,13,15-16H,1-4,8,12,14H2. The molecule has 38 heavy (non-hydrogen) atoms. The lowest BCUT2D eigenvalue weighted by molar-refractivity contribution is -0.112. The van der Waals surface area contributed by atoms with E-state index in [1.165, 1.54) is 18.0 Å². The van der Waals surface area contributed by atoms with Gasteiger partial charge in [0.1, 0.15) is 29.8 Å². The van der Waals surface area contributed by atoms with Gasteiger partial charge in [-0.05, 0) is 42.9 Å². The Morgan fingerprint density at radius 2 is 2.11 bits per heavy atom. The van der Waals surface area contributed by atoms with Gasteiger partial charge >= 0.3 is 0 Å². The molecule has 12 heteroatoms. The van der Waals surface area contributed by atoms with E-state index in [2.05, 4.69) is 27.6 Å². The summed E-state index contributed by atoms with van der Waals surface area (Å²) in [5.41, 5.74) is 4.58. The van der Waals surface area contributed by atoms with Gasteiger partial charge in [-0.1, -0.05) is 16.8 Å². The number of pyridine rings is 2. The minimum Gasteiger partial charge on any atom is -0.369 e. The van der Waals surface area contributed by atoms with E-state index in [9.17, 15) is 14.0 Å². The predicted octanol–water partition coefficient (Wildman–Crippen LogP) is 3.82. The number of halogens is 2. The number of imidazole rings is 2. The van der Waals surface area contributed by atoms with Crippen LogP contribution in [0.3, 0.4) is 0 Å². The molecule has 0 bridgehead atoms. The molecule has 194 valence electrons. The number of fused-ring (bicyclic) bond motifs is 2. The van der Waals surface area contributed by atoms with Gasteiger partial charge in [-0.3, -0.25) is 4.79 Å². The van der Waals surface area contributed by atoms with Gasteiger partial charge in [-0.15, -0.1) is 5.10 Å². The van der Waals surface area contributed by atoms with E-state index in [4.69, 9.17) is 21.3 Å². The third-order valence-electron chi connectivity index (χ3n) is 6.60. The summed E-state index contributed by atoms with van der Waals surface area (Å²) in [5.74, 6) is -0.235. The first-order valence-corrected chi connectivity index (χ1v) is 12.6. The molecule has 0 N–H and O–H groups in total. The van der Waals surface area contributed by atoms with Gasteiger partial charge in [0.15, 0.2) is 11.6 Å². The number of ketones is 1. The van der Waals surface area contributed by atoms with Gasteiger partial charge in [0.05, 0.1) is 42.1 Å². The summed E-state index contributed by atoms with van der Waals surface area (Å²) in [6.07, 6.45) is 12.1. The highest BCUT2D eigenvalue weighted by Crippen LogP contribution is 2.40. The number of hydrogen-bond donors (Lipinski definition) is 0. The van der Waals surface area contributed by atoms with Crippen LogP contribution in [0.4, 0.5) is 4.39 Å². The molecular weight excluding hydrogens is 513 g/mol. The second kappa shape index (κ2) is 10.1. The molecule has 0 radical (unpaired) electrons. The van der Waals surface area contributed by atoms with Crippen LogP contribution in [0.1, 0.15) is 58.2 Å². The number of aryl methyl sites for hydroxylation is 1. The summed E-state index contributed by atoms with van der Waals surface area (Å²) in [7, 11) is 0. The Bertz CT molecular complexity index is 1670. The molecule has 5 aromatic rings. The van der Waals surface area contributed by atoms with Gasteiger partial charge in [0, 0.05) is 30.6 Å². The van der Waals surface area contributed by atoms with Crippen LogP contribution in [0.2, 0.25) is 5.02 Å². The van der Waals surface area contributed by atoms with E-state index in [0.29, 0.717) is 24.8 Å².